The van der Waals surface area contributed by atoms with Gasteiger partial charge < -0.3 is 5.32 Å². The molecule has 0 aliphatic carbocycles. The van der Waals surface area contributed by atoms with Gasteiger partial charge >= 0.3 is 0 Å². The molecule has 0 aromatic heterocycles. The lowest BCUT2D eigenvalue weighted by Gasteiger charge is -2.17. The number of benzene rings is 1. The fourth-order valence-corrected chi connectivity index (χ4v) is 2.59. The Morgan fingerprint density at radius 3 is 2.41 bits per heavy atom. The Hall–Kier alpha value is -1.07. The molecule has 1 aliphatic heterocycles. The molecular weight excluding hydrogens is 236 g/mol. The maximum atomic E-state index is 11.4. The Bertz CT molecular complexity index is 476. The molecule has 5 heteroatoms. The summed E-state index contributed by atoms with van der Waals surface area (Å²) in [5, 5.41) is 3.33. The summed E-state index contributed by atoms with van der Waals surface area (Å²) < 4.78 is 24.1. The number of hydrogen-bond acceptors (Lipinski definition) is 3. The highest BCUT2D eigenvalue weighted by Gasteiger charge is 2.17. The van der Waals surface area contributed by atoms with Gasteiger partial charge in [-0.2, -0.15) is 0 Å². The van der Waals surface area contributed by atoms with Crippen LogP contribution in [0.25, 0.3) is 0 Å². The molecule has 1 aliphatic rings. The zero-order chi connectivity index (χ0) is 12.5. The minimum absolute atomic E-state index is 0.563. The first-order valence-electron chi connectivity index (χ1n) is 5.73. The van der Waals surface area contributed by atoms with E-state index in [0.29, 0.717) is 11.6 Å². The molecule has 2 rings (SSSR count). The van der Waals surface area contributed by atoms with Crippen LogP contribution in [-0.2, 0) is 10.0 Å². The van der Waals surface area contributed by atoms with E-state index >= 15 is 0 Å². The first-order valence-corrected chi connectivity index (χ1v) is 7.58. The quantitative estimate of drug-likeness (QED) is 0.880. The van der Waals surface area contributed by atoms with E-state index < -0.39 is 10.0 Å². The minimum Gasteiger partial charge on any atom is -0.316 e. The van der Waals surface area contributed by atoms with Gasteiger partial charge in [0.05, 0.1) is 11.9 Å². The summed E-state index contributed by atoms with van der Waals surface area (Å²) in [5.74, 6) is 0.563. The summed E-state index contributed by atoms with van der Waals surface area (Å²) >= 11 is 0. The molecule has 17 heavy (non-hydrogen) atoms. The minimum atomic E-state index is -3.17. The average Bonchev–Trinajstić information content (AvgIpc) is 2.80. The summed E-state index contributed by atoms with van der Waals surface area (Å²) in [7, 11) is -1.60. The zero-order valence-corrected chi connectivity index (χ0v) is 11.0. The van der Waals surface area contributed by atoms with Crippen LogP contribution >= 0.6 is 0 Å². The van der Waals surface area contributed by atoms with Gasteiger partial charge in [-0.3, -0.25) is 4.31 Å². The lowest BCUT2D eigenvalue weighted by Crippen LogP contribution is -2.24. The van der Waals surface area contributed by atoms with E-state index in [2.05, 4.69) is 5.32 Å². The topological polar surface area (TPSA) is 49.4 Å². The third kappa shape index (κ3) is 2.79. The predicted octanol–water partition coefficient (Wildman–Crippen LogP) is 1.16. The Morgan fingerprint density at radius 1 is 1.29 bits per heavy atom. The molecule has 1 aromatic carbocycles. The first-order chi connectivity index (χ1) is 7.98. The first kappa shape index (κ1) is 12.4. The highest BCUT2D eigenvalue weighted by atomic mass is 32.2. The zero-order valence-electron chi connectivity index (χ0n) is 10.2. The number of nitrogens with zero attached hydrogens (tertiary/aromatic N) is 1. The van der Waals surface area contributed by atoms with E-state index in [1.807, 2.05) is 24.3 Å². The van der Waals surface area contributed by atoms with Gasteiger partial charge in [0.15, 0.2) is 0 Å². The van der Waals surface area contributed by atoms with E-state index in [9.17, 15) is 8.42 Å². The molecule has 0 bridgehead atoms. The van der Waals surface area contributed by atoms with Gasteiger partial charge in [0.25, 0.3) is 0 Å². The molecule has 0 radical (unpaired) electrons. The van der Waals surface area contributed by atoms with Crippen LogP contribution in [0.5, 0.6) is 0 Å². The lowest BCUT2D eigenvalue weighted by atomic mass is 9.98. The molecule has 1 aromatic rings. The molecule has 0 amide bonds. The van der Waals surface area contributed by atoms with Crippen LogP contribution in [0.3, 0.4) is 0 Å². The van der Waals surface area contributed by atoms with E-state index in [1.54, 1.807) is 7.05 Å². The Balaban J connectivity index is 2.18. The molecule has 1 heterocycles. The molecule has 1 unspecified atom stereocenters. The fraction of sp³-hybridized carbons (Fsp3) is 0.500. The van der Waals surface area contributed by atoms with Crippen LogP contribution in [-0.4, -0.2) is 34.8 Å². The lowest BCUT2D eigenvalue weighted by molar-refractivity contribution is 0.600. The average molecular weight is 254 g/mol. The normalized spacial score (nSPS) is 20.5. The fourth-order valence-electron chi connectivity index (χ4n) is 2.09. The van der Waals surface area contributed by atoms with Crippen LogP contribution in [0.2, 0.25) is 0 Å². The molecule has 94 valence electrons. The van der Waals surface area contributed by atoms with Crippen molar-refractivity contribution in [2.75, 3.05) is 30.7 Å². The molecular formula is C12H18N2O2S. The van der Waals surface area contributed by atoms with Gasteiger partial charge in [-0.1, -0.05) is 12.1 Å². The van der Waals surface area contributed by atoms with E-state index in [4.69, 9.17) is 0 Å². The monoisotopic (exact) mass is 254 g/mol. The van der Waals surface area contributed by atoms with Crippen molar-refractivity contribution in [2.45, 2.75) is 12.3 Å². The summed E-state index contributed by atoms with van der Waals surface area (Å²) in [5.41, 5.74) is 1.99. The largest absolute Gasteiger partial charge is 0.316 e. The van der Waals surface area contributed by atoms with Crippen molar-refractivity contribution in [1.29, 1.82) is 0 Å². The van der Waals surface area contributed by atoms with Crippen LogP contribution in [0.1, 0.15) is 17.9 Å². The molecule has 1 N–H and O–H groups in total. The van der Waals surface area contributed by atoms with E-state index in [0.717, 1.165) is 19.5 Å². The Kier molecular flexibility index (Phi) is 3.40. The number of anilines is 1. The Labute approximate surface area is 103 Å². The van der Waals surface area contributed by atoms with E-state index in [1.165, 1.54) is 16.1 Å². The van der Waals surface area contributed by atoms with Gasteiger partial charge in [0, 0.05) is 13.6 Å². The SMILES string of the molecule is CN(c1ccc(C2CCNC2)cc1)S(C)(=O)=O. The van der Waals surface area contributed by atoms with Crippen molar-refractivity contribution in [2.24, 2.45) is 0 Å². The highest BCUT2D eigenvalue weighted by Crippen LogP contribution is 2.25. The van der Waals surface area contributed by atoms with Crippen molar-refractivity contribution in [3.8, 4) is 0 Å². The molecule has 1 saturated heterocycles. The molecule has 1 fully saturated rings. The van der Waals surface area contributed by atoms with Crippen molar-refractivity contribution in [3.05, 3.63) is 29.8 Å². The van der Waals surface area contributed by atoms with Gasteiger partial charge in [-0.25, -0.2) is 8.42 Å². The second-order valence-corrected chi connectivity index (χ2v) is 6.53. The smallest absolute Gasteiger partial charge is 0.231 e. The third-order valence-electron chi connectivity index (χ3n) is 3.29. The van der Waals surface area contributed by atoms with Gasteiger partial charge in [0.1, 0.15) is 0 Å². The van der Waals surface area contributed by atoms with Crippen LogP contribution in [0, 0.1) is 0 Å². The second-order valence-electron chi connectivity index (χ2n) is 4.51. The Morgan fingerprint density at radius 2 is 1.94 bits per heavy atom. The van der Waals surface area contributed by atoms with Gasteiger partial charge in [-0.05, 0) is 36.6 Å². The number of nitrogens with one attached hydrogen (secondary N) is 1. The van der Waals surface area contributed by atoms with Crippen molar-refractivity contribution >= 4 is 15.7 Å². The summed E-state index contributed by atoms with van der Waals surface area (Å²) in [6.45, 7) is 2.08. The van der Waals surface area contributed by atoms with E-state index in [-0.39, 0.29) is 0 Å². The maximum absolute atomic E-state index is 11.4. The molecule has 4 nitrogen and oxygen atoms in total. The van der Waals surface area contributed by atoms with Crippen LogP contribution in [0.15, 0.2) is 24.3 Å². The molecule has 0 spiro atoms. The third-order valence-corrected chi connectivity index (χ3v) is 4.49. The number of rotatable bonds is 3. The van der Waals surface area contributed by atoms with Crippen LogP contribution < -0.4 is 9.62 Å². The van der Waals surface area contributed by atoms with Crippen molar-refractivity contribution in [1.82, 2.24) is 5.32 Å². The van der Waals surface area contributed by atoms with Gasteiger partial charge in [-0.15, -0.1) is 0 Å². The number of hydrogen-bond donors (Lipinski definition) is 1. The predicted molar refractivity (Wildman–Crippen MR) is 69.9 cm³/mol. The summed E-state index contributed by atoms with van der Waals surface area (Å²) in [4.78, 5) is 0. The van der Waals surface area contributed by atoms with Gasteiger partial charge in [0.2, 0.25) is 10.0 Å². The van der Waals surface area contributed by atoms with Crippen molar-refractivity contribution < 1.29 is 8.42 Å². The summed E-state index contributed by atoms with van der Waals surface area (Å²) in [6, 6.07) is 7.78. The molecule has 1 atom stereocenters. The summed E-state index contributed by atoms with van der Waals surface area (Å²) in [6.07, 6.45) is 2.36. The van der Waals surface area contributed by atoms with Crippen molar-refractivity contribution in [3.63, 3.8) is 0 Å². The second kappa shape index (κ2) is 4.66. The maximum Gasteiger partial charge on any atom is 0.231 e. The highest BCUT2D eigenvalue weighted by molar-refractivity contribution is 7.92. The van der Waals surface area contributed by atoms with Crippen LogP contribution in [0.4, 0.5) is 5.69 Å². The molecule has 0 saturated carbocycles. The standard InChI is InChI=1S/C12H18N2O2S/c1-14(17(2,15)16)12-5-3-10(4-6-12)11-7-8-13-9-11/h3-6,11,13H,7-9H2,1-2H3. The number of sulfonamides is 1.